The first-order chi connectivity index (χ1) is 15.5. The average molecular weight is 498 g/mol. The van der Waals surface area contributed by atoms with E-state index >= 15 is 0 Å². The van der Waals surface area contributed by atoms with Crippen LogP contribution in [0.3, 0.4) is 0 Å². The number of amides is 1. The first-order valence-corrected chi connectivity index (χ1v) is 12.9. The molecule has 3 N–H and O–H groups in total. The molecule has 1 aromatic carbocycles. The molecule has 184 valence electrons. The molecule has 0 bridgehead atoms. The molecule has 1 aliphatic rings. The second-order valence-electron chi connectivity index (χ2n) is 7.18. The Morgan fingerprint density at radius 2 is 1.88 bits per heavy atom. The summed E-state index contributed by atoms with van der Waals surface area (Å²) in [5, 5.41) is 3.48. The van der Waals surface area contributed by atoms with Crippen LogP contribution >= 0.6 is 9.24 Å². The third kappa shape index (κ3) is 18.7. The lowest BCUT2D eigenvalue weighted by atomic mass is 10.1. The van der Waals surface area contributed by atoms with Crippen LogP contribution in [0.5, 0.6) is 5.88 Å². The smallest absolute Gasteiger partial charge is 0.231 e. The van der Waals surface area contributed by atoms with Gasteiger partial charge in [-0.05, 0) is 43.3 Å². The van der Waals surface area contributed by atoms with Crippen LogP contribution in [0.15, 0.2) is 35.6 Å². The highest BCUT2D eigenvalue weighted by molar-refractivity contribution is 7.90. The molecule has 1 aromatic heterocycles. The van der Waals surface area contributed by atoms with E-state index in [-0.39, 0.29) is 5.75 Å². The number of carbonyl (C=O) groups excluding carboxylic acids is 1. The number of ether oxygens (including phenoxy) is 1. The van der Waals surface area contributed by atoms with Gasteiger partial charge in [0.1, 0.15) is 9.84 Å². The van der Waals surface area contributed by atoms with Crippen molar-refractivity contribution in [1.82, 2.24) is 9.97 Å². The third-order valence-corrected chi connectivity index (χ3v) is 5.29. The summed E-state index contributed by atoms with van der Waals surface area (Å²) in [6.07, 6.45) is 10.0. The predicted molar refractivity (Wildman–Crippen MR) is 139 cm³/mol. The predicted octanol–water partition coefficient (Wildman–Crippen LogP) is 2.30. The molecule has 1 saturated carbocycles. The maximum atomic E-state index is 11.0. The number of amidine groups is 1. The maximum absolute atomic E-state index is 11.0. The molecular weight excluding hydrogens is 461 g/mol. The molecule has 0 spiro atoms. The fourth-order valence-corrected chi connectivity index (χ4v) is 2.68. The minimum atomic E-state index is -2.96. The lowest BCUT2D eigenvalue weighted by Gasteiger charge is -2.07. The van der Waals surface area contributed by atoms with Gasteiger partial charge in [-0.15, -0.1) is 9.24 Å². The molecule has 1 fully saturated rings. The Morgan fingerprint density at radius 3 is 2.27 bits per heavy atom. The van der Waals surface area contributed by atoms with Crippen molar-refractivity contribution in [2.75, 3.05) is 31.5 Å². The van der Waals surface area contributed by atoms with Gasteiger partial charge < -0.3 is 15.8 Å². The van der Waals surface area contributed by atoms with Gasteiger partial charge in [0.05, 0.1) is 36.8 Å². The van der Waals surface area contributed by atoms with E-state index < -0.39 is 9.84 Å². The van der Waals surface area contributed by atoms with Crippen LogP contribution in [-0.2, 0) is 21.1 Å². The molecule has 1 atom stereocenters. The summed E-state index contributed by atoms with van der Waals surface area (Å²) in [6.45, 7) is 3.63. The quantitative estimate of drug-likeness (QED) is 0.270. The number of nitrogens with two attached hydrogens (primary N) is 1. The molecule has 9 nitrogen and oxygen atoms in total. The molecule has 0 radical (unpaired) electrons. The molecule has 33 heavy (non-hydrogen) atoms. The number of benzene rings is 1. The Bertz CT molecular complexity index is 958. The molecule has 1 unspecified atom stereocenters. The van der Waals surface area contributed by atoms with E-state index in [9.17, 15) is 13.2 Å². The van der Waals surface area contributed by atoms with Gasteiger partial charge in [0.15, 0.2) is 0 Å². The molecule has 3 rings (SSSR count). The van der Waals surface area contributed by atoms with Gasteiger partial charge >= 0.3 is 0 Å². The monoisotopic (exact) mass is 497 g/mol. The van der Waals surface area contributed by atoms with Crippen LogP contribution in [0, 0.1) is 6.92 Å². The van der Waals surface area contributed by atoms with Crippen LogP contribution in [-0.4, -0.2) is 56.8 Å². The van der Waals surface area contributed by atoms with E-state index in [0.29, 0.717) is 30.2 Å². The van der Waals surface area contributed by atoms with Crippen molar-refractivity contribution in [3.63, 3.8) is 0 Å². The number of rotatable bonds is 6. The zero-order valence-corrected chi connectivity index (χ0v) is 22.0. The van der Waals surface area contributed by atoms with Gasteiger partial charge in [-0.1, -0.05) is 25.3 Å². The third-order valence-electron chi connectivity index (χ3n) is 3.78. The topological polar surface area (TPSA) is 137 Å². The molecule has 0 saturated heterocycles. The lowest BCUT2D eigenvalue weighted by Crippen LogP contribution is -2.11. The zero-order chi connectivity index (χ0) is 25.3. The van der Waals surface area contributed by atoms with Gasteiger partial charge in [-0.2, -0.15) is 0 Å². The van der Waals surface area contributed by atoms with Gasteiger partial charge in [-0.3, -0.25) is 14.8 Å². The number of aliphatic imine (C=N–C) groups is 1. The Hall–Kier alpha value is -2.58. The minimum Gasteiger partial charge on any atom is -0.480 e. The minimum absolute atomic E-state index is 0.110. The van der Waals surface area contributed by atoms with Crippen molar-refractivity contribution in [3.05, 3.63) is 41.9 Å². The number of carbonyl (C=O) groups is 1. The normalized spacial score (nSPS) is 11.9. The van der Waals surface area contributed by atoms with E-state index in [1.165, 1.54) is 25.5 Å². The van der Waals surface area contributed by atoms with Crippen LogP contribution < -0.4 is 21.1 Å². The van der Waals surface area contributed by atoms with Crippen molar-refractivity contribution in [2.45, 2.75) is 39.5 Å². The molecule has 1 heterocycles. The summed E-state index contributed by atoms with van der Waals surface area (Å²) in [5.74, 6) is 1.30. The van der Waals surface area contributed by atoms with Crippen LogP contribution in [0.25, 0.3) is 0 Å². The van der Waals surface area contributed by atoms with Gasteiger partial charge in [0, 0.05) is 19.0 Å². The van der Waals surface area contributed by atoms with E-state index in [1.54, 1.807) is 45.6 Å². The zero-order valence-electron chi connectivity index (χ0n) is 20.0. The number of aryl methyl sites for hydroxylation is 2. The van der Waals surface area contributed by atoms with Crippen molar-refractivity contribution < 1.29 is 17.9 Å². The Kier molecular flexibility index (Phi) is 15.6. The van der Waals surface area contributed by atoms with Crippen molar-refractivity contribution >= 4 is 42.3 Å². The highest BCUT2D eigenvalue weighted by Gasteiger charge is 2.06. The number of methoxy groups -OCH3 is 1. The number of nitrogens with one attached hydrogen (secondary N) is 1. The Morgan fingerprint density at radius 1 is 1.27 bits per heavy atom. The largest absolute Gasteiger partial charge is 0.480 e. The first-order valence-electron chi connectivity index (χ1n) is 10.3. The standard InChI is InChI=1S/C10H14NO3PS.C6H8N2O.C3H8N2.C3H6/c1-16(13,14)5-4-8-6-9(11-7-12)2-3-10(8)15;1-5-3-8-6(9-2)4-7-5;1-3(4)5-2;1-2-3-1/h2-3,6-7H,4-5,15H2,1H3,(H,11,12);3-4H,1-2H3;1-2H3,(H2,4,5);1-3H2. The summed E-state index contributed by atoms with van der Waals surface area (Å²) in [6, 6.07) is 5.37. The Balaban J connectivity index is 0.000000499. The summed E-state index contributed by atoms with van der Waals surface area (Å²) in [4.78, 5) is 21.7. The van der Waals surface area contributed by atoms with Crippen LogP contribution in [0.1, 0.15) is 37.4 Å². The number of anilines is 1. The summed E-state index contributed by atoms with van der Waals surface area (Å²) in [7, 11) is 2.82. The molecule has 11 heteroatoms. The molecule has 2 aromatic rings. The van der Waals surface area contributed by atoms with E-state index in [0.717, 1.165) is 16.6 Å². The summed E-state index contributed by atoms with van der Waals surface area (Å²) in [5.41, 5.74) is 7.52. The number of aromatic nitrogens is 2. The maximum Gasteiger partial charge on any atom is 0.231 e. The van der Waals surface area contributed by atoms with E-state index in [4.69, 9.17) is 10.5 Å². The SMILES string of the molecule is C1CC1.CN=C(C)N.COc1cnc(C)cn1.CS(=O)(=O)CCc1cc(NC=O)ccc1P. The van der Waals surface area contributed by atoms with Crippen molar-refractivity contribution in [2.24, 2.45) is 10.7 Å². The van der Waals surface area contributed by atoms with Crippen LogP contribution in [0.2, 0.25) is 0 Å². The number of nitrogens with zero attached hydrogens (tertiary/aromatic N) is 3. The Labute approximate surface area is 199 Å². The average Bonchev–Trinajstić information content (AvgIpc) is 3.65. The number of sulfone groups is 1. The van der Waals surface area contributed by atoms with E-state index in [1.807, 2.05) is 13.0 Å². The highest BCUT2D eigenvalue weighted by atomic mass is 32.2. The molecule has 1 amide bonds. The molecule has 0 aliphatic heterocycles. The lowest BCUT2D eigenvalue weighted by molar-refractivity contribution is -0.105. The highest BCUT2D eigenvalue weighted by Crippen LogP contribution is 2.15. The van der Waals surface area contributed by atoms with Gasteiger partial charge in [-0.25, -0.2) is 13.4 Å². The van der Waals surface area contributed by atoms with Crippen molar-refractivity contribution in [3.8, 4) is 5.88 Å². The van der Waals surface area contributed by atoms with Crippen LogP contribution in [0.4, 0.5) is 5.69 Å². The van der Waals surface area contributed by atoms with E-state index in [2.05, 4.69) is 29.5 Å². The van der Waals surface area contributed by atoms with Gasteiger partial charge in [0.25, 0.3) is 0 Å². The van der Waals surface area contributed by atoms with Crippen molar-refractivity contribution in [1.29, 1.82) is 0 Å². The van der Waals surface area contributed by atoms with Gasteiger partial charge in [0.2, 0.25) is 12.3 Å². The molecule has 1 aliphatic carbocycles. The fraction of sp³-hybridized carbons (Fsp3) is 0.455. The second-order valence-corrected chi connectivity index (χ2v) is 10.1. The summed E-state index contributed by atoms with van der Waals surface area (Å²) < 4.78 is 26.9. The second kappa shape index (κ2) is 17.0. The number of hydrogen-bond donors (Lipinski definition) is 2. The summed E-state index contributed by atoms with van der Waals surface area (Å²) >= 11 is 0. The first kappa shape index (κ1) is 30.4. The number of hydrogen-bond acceptors (Lipinski definition) is 7. The molecular formula is C22H36N5O4PS. The fourth-order valence-electron chi connectivity index (χ4n) is 1.76.